The number of hydrogen-bond acceptors (Lipinski definition) is 6. The van der Waals surface area contributed by atoms with Crippen molar-refractivity contribution in [3.8, 4) is 11.5 Å². The molecule has 0 saturated carbocycles. The summed E-state index contributed by atoms with van der Waals surface area (Å²) < 4.78 is 10.3. The minimum atomic E-state index is -0.913. The van der Waals surface area contributed by atoms with Crippen molar-refractivity contribution in [2.75, 3.05) is 7.11 Å². The minimum absolute atomic E-state index is 0.0447. The van der Waals surface area contributed by atoms with Gasteiger partial charge >= 0.3 is 5.97 Å². The molecule has 1 amide bonds. The first-order valence-corrected chi connectivity index (χ1v) is 9.16. The largest absolute Gasteiger partial charge is 0.505 e. The van der Waals surface area contributed by atoms with Crippen LogP contribution in [0.3, 0.4) is 0 Å². The van der Waals surface area contributed by atoms with Crippen molar-refractivity contribution < 1.29 is 24.2 Å². The zero-order valence-electron chi connectivity index (χ0n) is 15.8. The molecule has 3 rings (SSSR count). The molecule has 7 nitrogen and oxygen atoms in total. The number of aromatic hydroxyl groups is 1. The third-order valence-corrected chi connectivity index (χ3v) is 4.56. The number of aromatic nitrogens is 1. The summed E-state index contributed by atoms with van der Waals surface area (Å²) in [5.74, 6) is -1.24. The Morgan fingerprint density at radius 1 is 1.17 bits per heavy atom. The van der Waals surface area contributed by atoms with Crippen LogP contribution in [0.4, 0.5) is 0 Å². The number of hydrogen-bond donors (Lipinski definition) is 2. The van der Waals surface area contributed by atoms with E-state index in [1.54, 1.807) is 18.2 Å². The number of esters is 1. The number of rotatable bonds is 6. The Morgan fingerprint density at radius 2 is 1.90 bits per heavy atom. The molecule has 0 fully saturated rings. The second-order valence-electron chi connectivity index (χ2n) is 6.30. The predicted molar refractivity (Wildman–Crippen MR) is 108 cm³/mol. The van der Waals surface area contributed by atoms with Crippen LogP contribution in [-0.2, 0) is 16.1 Å². The van der Waals surface area contributed by atoms with Crippen LogP contribution in [-0.4, -0.2) is 35.1 Å². The van der Waals surface area contributed by atoms with Crippen molar-refractivity contribution in [1.29, 1.82) is 0 Å². The van der Waals surface area contributed by atoms with Gasteiger partial charge in [0.1, 0.15) is 23.6 Å². The summed E-state index contributed by atoms with van der Waals surface area (Å²) in [6.07, 6.45) is 0. The third-order valence-electron chi connectivity index (χ3n) is 4.27. The molecule has 0 aliphatic rings. The fourth-order valence-electron chi connectivity index (χ4n) is 2.73. The molecule has 0 aliphatic heterocycles. The summed E-state index contributed by atoms with van der Waals surface area (Å²) in [4.78, 5) is 27.9. The Labute approximate surface area is 172 Å². The van der Waals surface area contributed by atoms with Crippen LogP contribution in [0, 0.1) is 0 Å². The molecule has 1 atom stereocenters. The Balaban J connectivity index is 1.89. The Morgan fingerprint density at radius 3 is 2.59 bits per heavy atom. The third kappa shape index (κ3) is 4.57. The Kier molecular flexibility index (Phi) is 6.19. The van der Waals surface area contributed by atoms with E-state index < -0.39 is 17.9 Å². The van der Waals surface area contributed by atoms with E-state index in [0.717, 1.165) is 5.56 Å². The van der Waals surface area contributed by atoms with E-state index in [-0.39, 0.29) is 16.6 Å². The number of nitrogens with one attached hydrogen (secondary N) is 1. The number of halogens is 1. The summed E-state index contributed by atoms with van der Waals surface area (Å²) in [5.41, 5.74) is 0.694. The van der Waals surface area contributed by atoms with Gasteiger partial charge in [-0.15, -0.1) is 0 Å². The van der Waals surface area contributed by atoms with Crippen molar-refractivity contribution in [2.45, 2.75) is 19.6 Å². The number of carbonyl (C=O) groups is 2. The highest BCUT2D eigenvalue weighted by atomic mass is 35.5. The van der Waals surface area contributed by atoms with E-state index in [0.29, 0.717) is 23.1 Å². The van der Waals surface area contributed by atoms with Gasteiger partial charge in [0.2, 0.25) is 0 Å². The molecule has 0 spiro atoms. The number of fused-ring (bicyclic) bond motifs is 1. The highest BCUT2D eigenvalue weighted by Crippen LogP contribution is 2.34. The SMILES string of the molecule is COC(=O)[C@H](C)NC(=O)c1nc(Cl)c2ccc(OCc3ccccc3)cc2c1O. The molecule has 8 heteroatoms. The van der Waals surface area contributed by atoms with Gasteiger partial charge in [0, 0.05) is 10.8 Å². The van der Waals surface area contributed by atoms with Gasteiger partial charge in [0.25, 0.3) is 5.91 Å². The highest BCUT2D eigenvalue weighted by Gasteiger charge is 2.23. The van der Waals surface area contributed by atoms with Gasteiger partial charge in [-0.3, -0.25) is 4.79 Å². The molecule has 29 heavy (non-hydrogen) atoms. The average Bonchev–Trinajstić information content (AvgIpc) is 2.74. The maximum atomic E-state index is 12.5. The van der Waals surface area contributed by atoms with Gasteiger partial charge < -0.3 is 19.9 Å². The molecular formula is C21H19ClN2O5. The van der Waals surface area contributed by atoms with Crippen molar-refractivity contribution in [2.24, 2.45) is 0 Å². The molecule has 1 aromatic heterocycles. The van der Waals surface area contributed by atoms with Crippen LogP contribution in [0.15, 0.2) is 48.5 Å². The molecule has 1 heterocycles. The fourth-order valence-corrected chi connectivity index (χ4v) is 2.98. The van der Waals surface area contributed by atoms with E-state index in [9.17, 15) is 14.7 Å². The summed E-state index contributed by atoms with van der Waals surface area (Å²) >= 11 is 6.20. The lowest BCUT2D eigenvalue weighted by molar-refractivity contribution is -0.142. The lowest BCUT2D eigenvalue weighted by Gasteiger charge is -2.14. The lowest BCUT2D eigenvalue weighted by atomic mass is 10.1. The number of amides is 1. The van der Waals surface area contributed by atoms with Gasteiger partial charge in [-0.25, -0.2) is 9.78 Å². The van der Waals surface area contributed by atoms with Gasteiger partial charge in [-0.1, -0.05) is 41.9 Å². The number of ether oxygens (including phenoxy) is 2. The van der Waals surface area contributed by atoms with Crippen molar-refractivity contribution in [3.05, 3.63) is 64.9 Å². The molecule has 0 radical (unpaired) electrons. The molecule has 0 unspecified atom stereocenters. The summed E-state index contributed by atoms with van der Waals surface area (Å²) in [5, 5.41) is 13.8. The molecule has 0 aliphatic carbocycles. The Bertz CT molecular complexity index is 1060. The van der Waals surface area contributed by atoms with Gasteiger partial charge in [0.15, 0.2) is 11.4 Å². The van der Waals surface area contributed by atoms with E-state index in [1.807, 2.05) is 30.3 Å². The number of benzene rings is 2. The first-order valence-electron chi connectivity index (χ1n) is 8.78. The molecule has 0 saturated heterocycles. The van der Waals surface area contributed by atoms with Crippen molar-refractivity contribution in [3.63, 3.8) is 0 Å². The number of carbonyl (C=O) groups excluding carboxylic acids is 2. The lowest BCUT2D eigenvalue weighted by Crippen LogP contribution is -2.39. The normalized spacial score (nSPS) is 11.7. The molecule has 3 aromatic rings. The van der Waals surface area contributed by atoms with Crippen LogP contribution < -0.4 is 10.1 Å². The predicted octanol–water partition coefficient (Wildman–Crippen LogP) is 3.46. The highest BCUT2D eigenvalue weighted by molar-refractivity contribution is 6.35. The summed E-state index contributed by atoms with van der Waals surface area (Å²) in [7, 11) is 1.21. The standard InChI is InChI=1S/C21H19ClN2O5/c1-12(21(27)28-2)23-20(26)17-18(25)16-10-14(8-9-15(16)19(22)24-17)29-11-13-6-4-3-5-7-13/h3-10,12,25H,11H2,1-2H3,(H,23,26)/t12-/m0/s1. The van der Waals surface area contributed by atoms with Crippen LogP contribution >= 0.6 is 11.6 Å². The molecule has 2 N–H and O–H groups in total. The minimum Gasteiger partial charge on any atom is -0.505 e. The summed E-state index contributed by atoms with van der Waals surface area (Å²) in [6.45, 7) is 1.80. The average molecular weight is 415 g/mol. The molecule has 0 bridgehead atoms. The van der Waals surface area contributed by atoms with E-state index >= 15 is 0 Å². The van der Waals surface area contributed by atoms with E-state index in [2.05, 4.69) is 15.0 Å². The molecule has 150 valence electrons. The van der Waals surface area contributed by atoms with Crippen LogP contribution in [0.2, 0.25) is 5.15 Å². The van der Waals surface area contributed by atoms with Gasteiger partial charge in [-0.05, 0) is 30.7 Å². The van der Waals surface area contributed by atoms with E-state index in [1.165, 1.54) is 14.0 Å². The number of pyridine rings is 1. The Hall–Kier alpha value is -3.32. The number of nitrogens with zero attached hydrogens (tertiary/aromatic N) is 1. The molecular weight excluding hydrogens is 396 g/mol. The van der Waals surface area contributed by atoms with Crippen LogP contribution in [0.25, 0.3) is 10.8 Å². The maximum Gasteiger partial charge on any atom is 0.328 e. The monoisotopic (exact) mass is 414 g/mol. The van der Waals surface area contributed by atoms with E-state index in [4.69, 9.17) is 16.3 Å². The zero-order chi connectivity index (χ0) is 21.0. The topological polar surface area (TPSA) is 97.8 Å². The zero-order valence-corrected chi connectivity index (χ0v) is 16.6. The van der Waals surface area contributed by atoms with Crippen molar-refractivity contribution >= 4 is 34.2 Å². The second-order valence-corrected chi connectivity index (χ2v) is 6.66. The van der Waals surface area contributed by atoms with Gasteiger partial charge in [0.05, 0.1) is 7.11 Å². The van der Waals surface area contributed by atoms with Crippen LogP contribution in [0.5, 0.6) is 11.5 Å². The van der Waals surface area contributed by atoms with Crippen molar-refractivity contribution in [1.82, 2.24) is 10.3 Å². The first kappa shape index (κ1) is 20.4. The maximum absolute atomic E-state index is 12.5. The second kappa shape index (κ2) is 8.79. The van der Waals surface area contributed by atoms with Crippen LogP contribution in [0.1, 0.15) is 23.0 Å². The fraction of sp³-hybridized carbons (Fsp3) is 0.190. The molecule has 2 aromatic carbocycles. The smallest absolute Gasteiger partial charge is 0.328 e. The quantitative estimate of drug-likeness (QED) is 0.473. The summed E-state index contributed by atoms with van der Waals surface area (Å²) in [6, 6.07) is 13.6. The first-order chi connectivity index (χ1) is 13.9. The van der Waals surface area contributed by atoms with Gasteiger partial charge in [-0.2, -0.15) is 0 Å². The number of methoxy groups -OCH3 is 1.